The fourth-order valence-electron chi connectivity index (χ4n) is 1.62. The van der Waals surface area contributed by atoms with Crippen LogP contribution in [0.5, 0.6) is 0 Å². The second-order valence-electron chi connectivity index (χ2n) is 4.19. The zero-order valence-corrected chi connectivity index (χ0v) is 9.19. The van der Waals surface area contributed by atoms with E-state index < -0.39 is 17.2 Å². The van der Waals surface area contributed by atoms with Gasteiger partial charge in [-0.2, -0.15) is 0 Å². The van der Waals surface area contributed by atoms with Crippen LogP contribution in [0.1, 0.15) is 18.4 Å². The van der Waals surface area contributed by atoms with Crippen LogP contribution >= 0.6 is 0 Å². The van der Waals surface area contributed by atoms with Crippen LogP contribution in [0.25, 0.3) is 5.70 Å². The molecule has 2 rings (SSSR count). The second kappa shape index (κ2) is 3.77. The summed E-state index contributed by atoms with van der Waals surface area (Å²) < 4.78 is 26.7. The van der Waals surface area contributed by atoms with Gasteiger partial charge in [-0.1, -0.05) is 12.5 Å². The van der Waals surface area contributed by atoms with E-state index in [0.717, 1.165) is 18.9 Å². The number of terminal acetylenes is 1. The molecule has 0 radical (unpaired) electrons. The predicted molar refractivity (Wildman–Crippen MR) is 63.7 cm³/mol. The smallest absolute Gasteiger partial charge is 0.168 e. The molecular weight excluding hydrogens is 222 g/mol. The van der Waals surface area contributed by atoms with Crippen molar-refractivity contribution in [2.75, 3.05) is 5.73 Å². The van der Waals surface area contributed by atoms with Crippen LogP contribution in [0.15, 0.2) is 18.7 Å². The Balaban J connectivity index is 2.29. The summed E-state index contributed by atoms with van der Waals surface area (Å²) in [4.78, 5) is 0. The van der Waals surface area contributed by atoms with Crippen molar-refractivity contribution in [1.82, 2.24) is 5.32 Å². The first-order valence-corrected chi connectivity index (χ1v) is 5.17. The maximum absolute atomic E-state index is 13.5. The summed E-state index contributed by atoms with van der Waals surface area (Å²) in [6, 6.07) is 2.26. The van der Waals surface area contributed by atoms with E-state index >= 15 is 0 Å². The van der Waals surface area contributed by atoms with E-state index in [1.807, 2.05) is 0 Å². The molecule has 17 heavy (non-hydrogen) atoms. The highest BCUT2D eigenvalue weighted by molar-refractivity contribution is 5.67. The number of rotatable bonds is 3. The standard InChI is InChI=1S/C13H12F2N2/c1-3-13(4-5-13)17-8(2)10-6-9(16)7-11(14)12(10)15/h1,6-7,17H,2,4-5,16H2. The van der Waals surface area contributed by atoms with E-state index in [1.54, 1.807) is 0 Å². The SMILES string of the molecule is C#CC1(NC(=C)c2cc(N)cc(F)c2F)CC1. The molecule has 88 valence electrons. The van der Waals surface area contributed by atoms with Gasteiger partial charge in [0.1, 0.15) is 0 Å². The highest BCUT2D eigenvalue weighted by Crippen LogP contribution is 2.37. The van der Waals surface area contributed by atoms with Crippen LogP contribution in [0.3, 0.4) is 0 Å². The van der Waals surface area contributed by atoms with Crippen LogP contribution in [-0.4, -0.2) is 5.54 Å². The summed E-state index contributed by atoms with van der Waals surface area (Å²) in [6.07, 6.45) is 6.95. The molecule has 0 bridgehead atoms. The third-order valence-electron chi connectivity index (χ3n) is 2.79. The Labute approximate surface area is 98.5 Å². The number of nitrogens with two attached hydrogens (primary N) is 1. The molecule has 0 unspecified atom stereocenters. The predicted octanol–water partition coefficient (Wildman–Crippen LogP) is 2.27. The summed E-state index contributed by atoms with van der Waals surface area (Å²) in [5.41, 5.74) is 5.43. The Hall–Kier alpha value is -2.02. The molecule has 1 aromatic rings. The number of nitrogen functional groups attached to an aromatic ring is 1. The number of halogens is 2. The minimum Gasteiger partial charge on any atom is -0.399 e. The van der Waals surface area contributed by atoms with Gasteiger partial charge in [0, 0.05) is 16.9 Å². The molecule has 1 saturated carbocycles. The van der Waals surface area contributed by atoms with Gasteiger partial charge >= 0.3 is 0 Å². The summed E-state index contributed by atoms with van der Waals surface area (Å²) >= 11 is 0. The van der Waals surface area contributed by atoms with Crippen molar-refractivity contribution in [3.05, 3.63) is 35.9 Å². The van der Waals surface area contributed by atoms with Crippen LogP contribution in [0.2, 0.25) is 0 Å². The monoisotopic (exact) mass is 234 g/mol. The number of benzene rings is 1. The fourth-order valence-corrected chi connectivity index (χ4v) is 1.62. The Bertz CT molecular complexity index is 525. The minimum atomic E-state index is -0.992. The van der Waals surface area contributed by atoms with E-state index in [1.165, 1.54) is 6.07 Å². The first kappa shape index (κ1) is 11.5. The molecule has 4 heteroatoms. The third kappa shape index (κ3) is 2.09. The average molecular weight is 234 g/mol. The van der Waals surface area contributed by atoms with Crippen molar-refractivity contribution < 1.29 is 8.78 Å². The molecule has 1 aromatic carbocycles. The number of nitrogens with one attached hydrogen (secondary N) is 1. The quantitative estimate of drug-likeness (QED) is 0.622. The maximum atomic E-state index is 13.5. The lowest BCUT2D eigenvalue weighted by atomic mass is 10.1. The molecule has 0 spiro atoms. The fraction of sp³-hybridized carbons (Fsp3) is 0.231. The summed E-state index contributed by atoms with van der Waals surface area (Å²) in [5, 5.41) is 2.94. The van der Waals surface area contributed by atoms with Crippen molar-refractivity contribution in [3.63, 3.8) is 0 Å². The number of hydrogen-bond donors (Lipinski definition) is 2. The summed E-state index contributed by atoms with van der Waals surface area (Å²) in [5.74, 6) is 0.622. The van der Waals surface area contributed by atoms with Gasteiger partial charge in [-0.05, 0) is 25.0 Å². The Morgan fingerprint density at radius 3 is 2.65 bits per heavy atom. The first-order valence-electron chi connectivity index (χ1n) is 5.17. The Morgan fingerprint density at radius 2 is 2.12 bits per heavy atom. The molecule has 0 heterocycles. The Morgan fingerprint density at radius 1 is 1.47 bits per heavy atom. The molecule has 3 N–H and O–H groups in total. The normalized spacial score (nSPS) is 16.1. The molecule has 1 aliphatic rings. The molecule has 1 aliphatic carbocycles. The van der Waals surface area contributed by atoms with Crippen LogP contribution in [0.4, 0.5) is 14.5 Å². The van der Waals surface area contributed by atoms with E-state index in [-0.39, 0.29) is 16.9 Å². The van der Waals surface area contributed by atoms with Gasteiger partial charge in [0.2, 0.25) is 0 Å². The van der Waals surface area contributed by atoms with Crippen molar-refractivity contribution in [2.45, 2.75) is 18.4 Å². The van der Waals surface area contributed by atoms with Crippen molar-refractivity contribution in [2.24, 2.45) is 0 Å². The third-order valence-corrected chi connectivity index (χ3v) is 2.79. The molecule has 0 aliphatic heterocycles. The van der Waals surface area contributed by atoms with Gasteiger partial charge in [-0.25, -0.2) is 8.78 Å². The molecule has 0 atom stereocenters. The molecule has 1 fully saturated rings. The van der Waals surface area contributed by atoms with Crippen LogP contribution in [-0.2, 0) is 0 Å². The number of anilines is 1. The molecular formula is C13H12F2N2. The van der Waals surface area contributed by atoms with E-state index in [4.69, 9.17) is 12.2 Å². The van der Waals surface area contributed by atoms with Crippen LogP contribution in [0, 0.1) is 24.0 Å². The molecule has 2 nitrogen and oxygen atoms in total. The molecule has 0 saturated heterocycles. The van der Waals surface area contributed by atoms with Gasteiger partial charge in [-0.15, -0.1) is 6.42 Å². The lowest BCUT2D eigenvalue weighted by molar-refractivity contribution is 0.505. The van der Waals surface area contributed by atoms with Gasteiger partial charge in [0.25, 0.3) is 0 Å². The molecule has 0 amide bonds. The van der Waals surface area contributed by atoms with Gasteiger partial charge < -0.3 is 11.1 Å². The zero-order valence-electron chi connectivity index (χ0n) is 9.19. The minimum absolute atomic E-state index is 0.0176. The Kier molecular flexibility index (Phi) is 2.55. The van der Waals surface area contributed by atoms with Gasteiger partial charge in [0.05, 0.1) is 5.54 Å². The summed E-state index contributed by atoms with van der Waals surface area (Å²) in [6.45, 7) is 3.67. The number of hydrogen-bond acceptors (Lipinski definition) is 2. The van der Waals surface area contributed by atoms with E-state index in [9.17, 15) is 8.78 Å². The van der Waals surface area contributed by atoms with Crippen molar-refractivity contribution >= 4 is 11.4 Å². The van der Waals surface area contributed by atoms with Gasteiger partial charge in [-0.3, -0.25) is 0 Å². The lowest BCUT2D eigenvalue weighted by Gasteiger charge is -2.16. The summed E-state index contributed by atoms with van der Waals surface area (Å²) in [7, 11) is 0. The average Bonchev–Trinajstić information content (AvgIpc) is 3.03. The van der Waals surface area contributed by atoms with Gasteiger partial charge in [0.15, 0.2) is 11.6 Å². The second-order valence-corrected chi connectivity index (χ2v) is 4.19. The topological polar surface area (TPSA) is 38.0 Å². The first-order chi connectivity index (χ1) is 7.97. The largest absolute Gasteiger partial charge is 0.399 e. The highest BCUT2D eigenvalue weighted by atomic mass is 19.2. The molecule has 0 aromatic heterocycles. The van der Waals surface area contributed by atoms with Crippen LogP contribution < -0.4 is 11.1 Å². The maximum Gasteiger partial charge on any atom is 0.168 e. The lowest BCUT2D eigenvalue weighted by Crippen LogP contribution is -2.28. The van der Waals surface area contributed by atoms with E-state index in [2.05, 4.69) is 17.8 Å². The zero-order chi connectivity index (χ0) is 12.6. The van der Waals surface area contributed by atoms with E-state index in [0.29, 0.717) is 0 Å². The highest BCUT2D eigenvalue weighted by Gasteiger charge is 2.41. The van der Waals surface area contributed by atoms with Crippen molar-refractivity contribution in [3.8, 4) is 12.3 Å². The van der Waals surface area contributed by atoms with Crippen molar-refractivity contribution in [1.29, 1.82) is 0 Å².